The van der Waals surface area contributed by atoms with Crippen LogP contribution >= 0.6 is 0 Å². The largest absolute Gasteiger partial charge is 0.354 e. The molecular weight excluding hydrogens is 440 g/mol. The summed E-state index contributed by atoms with van der Waals surface area (Å²) in [5.41, 5.74) is 3.71. The molecule has 0 unspecified atom stereocenters. The minimum atomic E-state index is -0.730. The monoisotopic (exact) mass is 472 g/mol. The van der Waals surface area contributed by atoms with E-state index in [1.165, 1.54) is 10.2 Å². The van der Waals surface area contributed by atoms with Crippen LogP contribution in [0.5, 0.6) is 0 Å². The molecule has 0 aliphatic carbocycles. The van der Waals surface area contributed by atoms with Crippen molar-refractivity contribution in [3.63, 3.8) is 0 Å². The van der Waals surface area contributed by atoms with Crippen molar-refractivity contribution in [3.05, 3.63) is 88.0 Å². The number of rotatable bonds is 9. The summed E-state index contributed by atoms with van der Waals surface area (Å²) in [6, 6.07) is 19.2. The van der Waals surface area contributed by atoms with Gasteiger partial charge in [0, 0.05) is 13.1 Å². The average Bonchev–Trinajstić information content (AvgIpc) is 3.22. The van der Waals surface area contributed by atoms with Crippen molar-refractivity contribution in [2.45, 2.75) is 39.8 Å². The summed E-state index contributed by atoms with van der Waals surface area (Å²) in [7, 11) is 2.07. The molecule has 2 heterocycles. The van der Waals surface area contributed by atoms with Gasteiger partial charge in [0.05, 0.1) is 22.5 Å². The summed E-state index contributed by atoms with van der Waals surface area (Å²) in [5, 5.41) is 12.5. The van der Waals surface area contributed by atoms with Crippen LogP contribution in [0.3, 0.4) is 0 Å². The maximum atomic E-state index is 13.3. The Morgan fingerprint density at radius 2 is 1.69 bits per heavy atom. The highest BCUT2D eigenvalue weighted by Gasteiger charge is 2.23. The van der Waals surface area contributed by atoms with Crippen molar-refractivity contribution in [1.29, 1.82) is 0 Å². The van der Waals surface area contributed by atoms with Gasteiger partial charge in [-0.1, -0.05) is 48.5 Å². The second-order valence-electron chi connectivity index (χ2n) is 8.94. The van der Waals surface area contributed by atoms with Gasteiger partial charge in [-0.25, -0.2) is 9.36 Å². The van der Waals surface area contributed by atoms with E-state index in [4.69, 9.17) is 0 Å². The van der Waals surface area contributed by atoms with Gasteiger partial charge in [0.25, 0.3) is 5.56 Å². The summed E-state index contributed by atoms with van der Waals surface area (Å²) < 4.78 is 3.03. The molecule has 0 radical (unpaired) electrons. The maximum Gasteiger partial charge on any atom is 0.278 e. The Labute approximate surface area is 205 Å². The number of amides is 1. The molecule has 1 atom stereocenters. The smallest absolute Gasteiger partial charge is 0.278 e. The highest BCUT2D eigenvalue weighted by Crippen LogP contribution is 2.20. The SMILES string of the molecule is Cc1nn([C@H](C)C(=O)NCCCN(C)Cc2ccccc2)c(=O)c2c(C)n(-c3ccccc3)nc12. The van der Waals surface area contributed by atoms with Gasteiger partial charge < -0.3 is 10.2 Å². The molecule has 8 heteroatoms. The lowest BCUT2D eigenvalue weighted by Crippen LogP contribution is -2.38. The van der Waals surface area contributed by atoms with Crippen LogP contribution in [0.15, 0.2) is 65.5 Å². The summed E-state index contributed by atoms with van der Waals surface area (Å²) in [6.07, 6.45) is 0.811. The molecule has 8 nitrogen and oxygen atoms in total. The number of carbonyl (C=O) groups is 1. The molecule has 182 valence electrons. The highest BCUT2D eigenvalue weighted by atomic mass is 16.2. The van der Waals surface area contributed by atoms with Gasteiger partial charge in [-0.15, -0.1) is 0 Å². The van der Waals surface area contributed by atoms with Crippen LogP contribution in [0.4, 0.5) is 0 Å². The fourth-order valence-corrected chi connectivity index (χ4v) is 4.26. The van der Waals surface area contributed by atoms with Gasteiger partial charge in [-0.2, -0.15) is 10.2 Å². The molecule has 35 heavy (non-hydrogen) atoms. The second-order valence-corrected chi connectivity index (χ2v) is 8.94. The van der Waals surface area contributed by atoms with Crippen molar-refractivity contribution in [1.82, 2.24) is 29.8 Å². The Morgan fingerprint density at radius 1 is 1.03 bits per heavy atom. The van der Waals surface area contributed by atoms with Gasteiger partial charge in [0.1, 0.15) is 11.6 Å². The minimum absolute atomic E-state index is 0.225. The van der Waals surface area contributed by atoms with E-state index >= 15 is 0 Å². The Balaban J connectivity index is 1.43. The number of nitrogens with one attached hydrogen (secondary N) is 1. The molecule has 0 aliphatic rings. The maximum absolute atomic E-state index is 13.3. The minimum Gasteiger partial charge on any atom is -0.354 e. The zero-order valence-corrected chi connectivity index (χ0v) is 20.7. The van der Waals surface area contributed by atoms with E-state index in [0.29, 0.717) is 23.1 Å². The molecule has 4 rings (SSSR count). The lowest BCUT2D eigenvalue weighted by atomic mass is 10.2. The Kier molecular flexibility index (Phi) is 7.41. The van der Waals surface area contributed by atoms with E-state index in [9.17, 15) is 9.59 Å². The van der Waals surface area contributed by atoms with Gasteiger partial charge in [0.2, 0.25) is 5.91 Å². The predicted octanol–water partition coefficient (Wildman–Crippen LogP) is 3.40. The Bertz CT molecular complexity index is 1360. The number of benzene rings is 2. The number of aromatic nitrogens is 4. The molecule has 0 fully saturated rings. The van der Waals surface area contributed by atoms with Crippen molar-refractivity contribution >= 4 is 16.8 Å². The molecule has 0 saturated heterocycles. The highest BCUT2D eigenvalue weighted by molar-refractivity contribution is 5.84. The number of para-hydroxylation sites is 1. The quantitative estimate of drug-likeness (QED) is 0.378. The first kappa shape index (κ1) is 24.3. The first-order valence-electron chi connectivity index (χ1n) is 11.9. The standard InChI is InChI=1S/C27H32N6O2/c1-19-25-24(20(2)32(30-25)23-14-9-6-10-15-23)27(35)33(29-19)21(3)26(34)28-16-11-17-31(4)18-22-12-7-5-8-13-22/h5-10,12-15,21H,11,16-18H2,1-4H3,(H,28,34)/t21-/m1/s1. The van der Waals surface area contributed by atoms with Crippen LogP contribution in [0, 0.1) is 13.8 Å². The zero-order valence-electron chi connectivity index (χ0n) is 20.7. The van der Waals surface area contributed by atoms with E-state index in [0.717, 1.165) is 30.9 Å². The molecule has 2 aromatic heterocycles. The summed E-state index contributed by atoms with van der Waals surface area (Å²) in [5.74, 6) is -0.225. The molecule has 1 N–H and O–H groups in total. The third-order valence-corrected chi connectivity index (χ3v) is 6.20. The fourth-order valence-electron chi connectivity index (χ4n) is 4.26. The van der Waals surface area contributed by atoms with Crippen molar-refractivity contribution in [3.8, 4) is 5.69 Å². The van der Waals surface area contributed by atoms with Gasteiger partial charge in [-0.3, -0.25) is 9.59 Å². The molecule has 2 aromatic carbocycles. The number of hydrogen-bond donors (Lipinski definition) is 1. The molecule has 0 bridgehead atoms. The summed E-state index contributed by atoms with van der Waals surface area (Å²) in [4.78, 5) is 28.4. The number of hydrogen-bond acceptors (Lipinski definition) is 5. The molecule has 4 aromatic rings. The van der Waals surface area contributed by atoms with E-state index in [1.807, 2.05) is 62.4 Å². The van der Waals surface area contributed by atoms with Crippen molar-refractivity contribution in [2.24, 2.45) is 0 Å². The second kappa shape index (κ2) is 10.7. The van der Waals surface area contributed by atoms with Crippen LogP contribution in [-0.4, -0.2) is 50.5 Å². The van der Waals surface area contributed by atoms with Crippen LogP contribution in [-0.2, 0) is 11.3 Å². The first-order valence-corrected chi connectivity index (χ1v) is 11.9. The first-order chi connectivity index (χ1) is 16.9. The number of fused-ring (bicyclic) bond motifs is 1. The predicted molar refractivity (Wildman–Crippen MR) is 138 cm³/mol. The fraction of sp³-hybridized carbons (Fsp3) is 0.333. The van der Waals surface area contributed by atoms with Crippen LogP contribution < -0.4 is 10.9 Å². The van der Waals surface area contributed by atoms with E-state index in [2.05, 4.69) is 39.6 Å². The number of carbonyl (C=O) groups excluding carboxylic acids is 1. The lowest BCUT2D eigenvalue weighted by Gasteiger charge is -2.18. The summed E-state index contributed by atoms with van der Waals surface area (Å²) >= 11 is 0. The third-order valence-electron chi connectivity index (χ3n) is 6.20. The van der Waals surface area contributed by atoms with E-state index in [-0.39, 0.29) is 11.5 Å². The molecular formula is C27H32N6O2. The third kappa shape index (κ3) is 5.33. The molecule has 0 spiro atoms. The summed E-state index contributed by atoms with van der Waals surface area (Å²) in [6.45, 7) is 7.62. The zero-order chi connectivity index (χ0) is 24.9. The van der Waals surface area contributed by atoms with Gasteiger partial charge >= 0.3 is 0 Å². The van der Waals surface area contributed by atoms with Gasteiger partial charge in [-0.05, 0) is 58.5 Å². The van der Waals surface area contributed by atoms with Crippen molar-refractivity contribution in [2.75, 3.05) is 20.1 Å². The van der Waals surface area contributed by atoms with E-state index < -0.39 is 6.04 Å². The Morgan fingerprint density at radius 3 is 2.37 bits per heavy atom. The number of nitrogens with zero attached hydrogens (tertiary/aromatic N) is 5. The average molecular weight is 473 g/mol. The lowest BCUT2D eigenvalue weighted by molar-refractivity contribution is -0.124. The number of aryl methyl sites for hydroxylation is 2. The van der Waals surface area contributed by atoms with Gasteiger partial charge in [0.15, 0.2) is 0 Å². The van der Waals surface area contributed by atoms with Crippen LogP contribution in [0.2, 0.25) is 0 Å². The molecule has 0 aliphatic heterocycles. The van der Waals surface area contributed by atoms with Crippen LogP contribution in [0.1, 0.15) is 36.3 Å². The van der Waals surface area contributed by atoms with E-state index in [1.54, 1.807) is 11.6 Å². The van der Waals surface area contributed by atoms with Crippen molar-refractivity contribution < 1.29 is 4.79 Å². The normalized spacial score (nSPS) is 12.3. The molecule has 1 amide bonds. The van der Waals surface area contributed by atoms with Crippen LogP contribution in [0.25, 0.3) is 16.6 Å². The Hall–Kier alpha value is -3.78. The topological polar surface area (TPSA) is 85.0 Å². The molecule has 0 saturated carbocycles.